The summed E-state index contributed by atoms with van der Waals surface area (Å²) in [5, 5.41) is 20.0. The van der Waals surface area contributed by atoms with Gasteiger partial charge in [-0.25, -0.2) is 9.78 Å². The number of benzene rings is 3. The van der Waals surface area contributed by atoms with Gasteiger partial charge in [0.05, 0.1) is 16.3 Å². The van der Waals surface area contributed by atoms with Crippen molar-refractivity contribution in [3.05, 3.63) is 87.4 Å². The van der Waals surface area contributed by atoms with Crippen LogP contribution in [0, 0.1) is 0 Å². The second-order valence-electron chi connectivity index (χ2n) is 10.1. The zero-order valence-corrected chi connectivity index (χ0v) is 24.6. The number of aromatic amines is 1. The maximum absolute atomic E-state index is 13.7. The summed E-state index contributed by atoms with van der Waals surface area (Å²) in [5.41, 5.74) is 3.87. The molecule has 3 amide bonds. The van der Waals surface area contributed by atoms with Gasteiger partial charge >= 0.3 is 6.03 Å². The fraction of sp³-hybridized carbons (Fsp3) is 0.241. The number of tetrazole rings is 1. The highest BCUT2D eigenvalue weighted by atomic mass is 35.5. The summed E-state index contributed by atoms with van der Waals surface area (Å²) in [4.78, 5) is 32.4. The van der Waals surface area contributed by atoms with Crippen LogP contribution in [0.3, 0.4) is 0 Å². The van der Waals surface area contributed by atoms with E-state index < -0.39 is 0 Å². The predicted molar refractivity (Wildman–Crippen MR) is 166 cm³/mol. The van der Waals surface area contributed by atoms with Gasteiger partial charge in [0.2, 0.25) is 0 Å². The van der Waals surface area contributed by atoms with Gasteiger partial charge in [-0.15, -0.1) is 5.10 Å². The molecule has 5 aromatic rings. The van der Waals surface area contributed by atoms with E-state index in [1.54, 1.807) is 41.3 Å². The van der Waals surface area contributed by atoms with Gasteiger partial charge in [-0.3, -0.25) is 20.3 Å². The number of halogens is 2. The summed E-state index contributed by atoms with van der Waals surface area (Å²) in [7, 11) is 0. The lowest BCUT2D eigenvalue weighted by Crippen LogP contribution is -2.34. The molecule has 0 atom stereocenters. The number of H-pyrrole nitrogens is 1. The number of anilines is 3. The van der Waals surface area contributed by atoms with Crippen LogP contribution in [0.15, 0.2) is 60.7 Å². The van der Waals surface area contributed by atoms with Crippen molar-refractivity contribution >= 4 is 73.5 Å². The number of amides is 3. The van der Waals surface area contributed by atoms with E-state index in [0.717, 1.165) is 16.0 Å². The fourth-order valence-electron chi connectivity index (χ4n) is 5.14. The van der Waals surface area contributed by atoms with Crippen molar-refractivity contribution in [3.63, 3.8) is 0 Å². The Morgan fingerprint density at radius 3 is 2.45 bits per heavy atom. The molecule has 1 saturated carbocycles. The quantitative estimate of drug-likeness (QED) is 0.171. The zero-order chi connectivity index (χ0) is 29.1. The summed E-state index contributed by atoms with van der Waals surface area (Å²) in [6.45, 7) is 0.263. The molecule has 2 aromatic heterocycles. The molecule has 10 nitrogen and oxygen atoms in total. The SMILES string of the molecule is O=C(Nc1nn[nH]n1)c1ccc(CN(C(=O)Nc2nc3c(Cl)cc(Cl)cc3s2)c2ccc(C3CCCCC3)cc2)cc1. The van der Waals surface area contributed by atoms with Gasteiger partial charge in [0, 0.05) is 16.3 Å². The average Bonchev–Trinajstić information content (AvgIpc) is 3.66. The highest BCUT2D eigenvalue weighted by Crippen LogP contribution is 2.35. The van der Waals surface area contributed by atoms with E-state index in [4.69, 9.17) is 23.2 Å². The Balaban J connectivity index is 1.24. The molecule has 0 bridgehead atoms. The Morgan fingerprint density at radius 2 is 1.74 bits per heavy atom. The van der Waals surface area contributed by atoms with Gasteiger partial charge in [0.15, 0.2) is 5.13 Å². The molecule has 0 unspecified atom stereocenters. The topological polar surface area (TPSA) is 129 Å². The molecule has 3 N–H and O–H groups in total. The maximum Gasteiger partial charge on any atom is 0.328 e. The van der Waals surface area contributed by atoms with Crippen molar-refractivity contribution in [2.24, 2.45) is 0 Å². The summed E-state index contributed by atoms with van der Waals surface area (Å²) in [5.74, 6) is 0.271. The third-order valence-corrected chi connectivity index (χ3v) is 8.71. The zero-order valence-electron chi connectivity index (χ0n) is 22.3. The molecule has 0 spiro atoms. The van der Waals surface area contributed by atoms with E-state index in [1.807, 2.05) is 12.1 Å². The fourth-order valence-corrected chi connectivity index (χ4v) is 6.72. The third-order valence-electron chi connectivity index (χ3n) is 7.28. The molecule has 1 fully saturated rings. The van der Waals surface area contributed by atoms with Crippen LogP contribution in [-0.2, 0) is 6.54 Å². The first kappa shape index (κ1) is 28.1. The lowest BCUT2D eigenvalue weighted by Gasteiger charge is -2.25. The van der Waals surface area contributed by atoms with Crippen molar-refractivity contribution in [3.8, 4) is 0 Å². The molecule has 0 saturated heterocycles. The lowest BCUT2D eigenvalue weighted by molar-refractivity contribution is 0.102. The number of thiazole rings is 1. The average molecular weight is 622 g/mol. The Bertz CT molecular complexity index is 1700. The number of carbonyl (C=O) groups excluding carboxylic acids is 2. The van der Waals surface area contributed by atoms with E-state index in [0.29, 0.717) is 32.2 Å². The largest absolute Gasteiger partial charge is 0.328 e. The molecule has 42 heavy (non-hydrogen) atoms. The highest BCUT2D eigenvalue weighted by molar-refractivity contribution is 7.22. The van der Waals surface area contributed by atoms with Gasteiger partial charge in [-0.1, -0.05) is 83.2 Å². The van der Waals surface area contributed by atoms with Crippen LogP contribution in [0.2, 0.25) is 10.0 Å². The third kappa shape index (κ3) is 6.38. The number of urea groups is 1. The van der Waals surface area contributed by atoms with Gasteiger partial charge < -0.3 is 0 Å². The second kappa shape index (κ2) is 12.4. The Labute approximate surface area is 255 Å². The number of rotatable bonds is 7. The minimum absolute atomic E-state index is 0.0852. The second-order valence-corrected chi connectivity index (χ2v) is 12.0. The molecule has 6 rings (SSSR count). The molecule has 2 heterocycles. The van der Waals surface area contributed by atoms with Crippen LogP contribution in [-0.4, -0.2) is 37.5 Å². The molecule has 13 heteroatoms. The van der Waals surface area contributed by atoms with Crippen LogP contribution >= 0.6 is 34.5 Å². The van der Waals surface area contributed by atoms with E-state index in [-0.39, 0.29) is 24.4 Å². The van der Waals surface area contributed by atoms with Crippen molar-refractivity contribution in [2.45, 2.75) is 44.6 Å². The number of nitrogens with one attached hydrogen (secondary N) is 3. The predicted octanol–water partition coefficient (Wildman–Crippen LogP) is 7.65. The minimum Gasteiger partial charge on any atom is -0.290 e. The van der Waals surface area contributed by atoms with Crippen molar-refractivity contribution < 1.29 is 9.59 Å². The number of nitrogens with zero attached hydrogens (tertiary/aromatic N) is 5. The van der Waals surface area contributed by atoms with Gasteiger partial charge in [-0.2, -0.15) is 5.21 Å². The number of hydrogen-bond acceptors (Lipinski definition) is 7. The summed E-state index contributed by atoms with van der Waals surface area (Å²) in [6.07, 6.45) is 6.19. The number of fused-ring (bicyclic) bond motifs is 1. The van der Waals surface area contributed by atoms with Gasteiger partial charge in [-0.05, 0) is 71.5 Å². The molecule has 0 aliphatic heterocycles. The molecule has 214 valence electrons. The minimum atomic E-state index is -0.370. The summed E-state index contributed by atoms with van der Waals surface area (Å²) < 4.78 is 0.779. The smallest absolute Gasteiger partial charge is 0.290 e. The molecule has 1 aliphatic carbocycles. The number of hydrogen-bond donors (Lipinski definition) is 3. The molecule has 3 aromatic carbocycles. The maximum atomic E-state index is 13.7. The van der Waals surface area contributed by atoms with Gasteiger partial charge in [0.25, 0.3) is 11.9 Å². The van der Waals surface area contributed by atoms with Crippen molar-refractivity contribution in [1.82, 2.24) is 25.6 Å². The van der Waals surface area contributed by atoms with Crippen LogP contribution < -0.4 is 15.5 Å². The van der Waals surface area contributed by atoms with Crippen molar-refractivity contribution in [1.29, 1.82) is 0 Å². The first-order chi connectivity index (χ1) is 20.4. The van der Waals surface area contributed by atoms with Crippen LogP contribution in [0.1, 0.15) is 59.5 Å². The molecular weight excluding hydrogens is 595 g/mol. The van der Waals surface area contributed by atoms with E-state index in [1.165, 1.54) is 49.0 Å². The Hall–Kier alpha value is -4.06. The van der Waals surface area contributed by atoms with E-state index in [2.05, 4.69) is 48.4 Å². The first-order valence-corrected chi connectivity index (χ1v) is 15.1. The monoisotopic (exact) mass is 620 g/mol. The first-order valence-electron chi connectivity index (χ1n) is 13.5. The molecule has 0 radical (unpaired) electrons. The number of aromatic nitrogens is 5. The van der Waals surface area contributed by atoms with Crippen LogP contribution in [0.5, 0.6) is 0 Å². The normalized spacial score (nSPS) is 13.7. The number of carbonyl (C=O) groups is 2. The Kier molecular flexibility index (Phi) is 8.31. The van der Waals surface area contributed by atoms with Crippen molar-refractivity contribution in [2.75, 3.05) is 15.5 Å². The standard InChI is InChI=1S/C29H26Cl2N8O2S/c30-21-14-23(31)25-24(15-21)42-28(32-25)34-29(41)39(22-12-10-19(11-13-22)18-4-2-1-3-5-18)16-17-6-8-20(9-7-17)26(40)33-27-35-37-38-36-27/h6-15,18H,1-5,16H2,(H,32,34,41)(H2,33,35,36,37,38,40). The van der Waals surface area contributed by atoms with E-state index in [9.17, 15) is 9.59 Å². The highest BCUT2D eigenvalue weighted by Gasteiger charge is 2.21. The van der Waals surface area contributed by atoms with Crippen LogP contribution in [0.25, 0.3) is 10.2 Å². The molecular formula is C29H26Cl2N8O2S. The van der Waals surface area contributed by atoms with Gasteiger partial charge in [0.1, 0.15) is 5.52 Å². The summed E-state index contributed by atoms with van der Waals surface area (Å²) in [6, 6.07) is 18.3. The van der Waals surface area contributed by atoms with Crippen LogP contribution in [0.4, 0.5) is 21.6 Å². The van der Waals surface area contributed by atoms with E-state index >= 15 is 0 Å². The molecule has 1 aliphatic rings. The summed E-state index contributed by atoms with van der Waals surface area (Å²) >= 11 is 13.8. The lowest BCUT2D eigenvalue weighted by atomic mass is 9.84. The Morgan fingerprint density at radius 1 is 0.976 bits per heavy atom.